The zero-order valence-electron chi connectivity index (χ0n) is 31.8. The van der Waals surface area contributed by atoms with Gasteiger partial charge in [0.25, 0.3) is 0 Å². The Kier molecular flexibility index (Phi) is 7.85. The van der Waals surface area contributed by atoms with Crippen molar-refractivity contribution in [1.82, 2.24) is 0 Å². The fourth-order valence-electron chi connectivity index (χ4n) is 8.62. The molecule has 10 rings (SSSR count). The summed E-state index contributed by atoms with van der Waals surface area (Å²) in [5.74, 6) is -2.12. The highest BCUT2D eigenvalue weighted by Gasteiger charge is 2.36. The van der Waals surface area contributed by atoms with Crippen LogP contribution in [0.3, 0.4) is 0 Å². The van der Waals surface area contributed by atoms with Gasteiger partial charge in [0, 0.05) is 44.2 Å². The highest BCUT2D eigenvalue weighted by atomic mass is 16.3. The molecule has 0 saturated carbocycles. The summed E-state index contributed by atoms with van der Waals surface area (Å²) in [6.07, 6.45) is 0. The van der Waals surface area contributed by atoms with E-state index in [1.807, 2.05) is 48.5 Å². The highest BCUT2D eigenvalue weighted by molar-refractivity contribution is 6.06. The van der Waals surface area contributed by atoms with Gasteiger partial charge in [-0.1, -0.05) is 107 Å². The van der Waals surface area contributed by atoms with Crippen molar-refractivity contribution in [3.63, 3.8) is 0 Å². The van der Waals surface area contributed by atoms with Gasteiger partial charge in [-0.25, -0.2) is 0 Å². The van der Waals surface area contributed by atoms with Crippen LogP contribution in [-0.4, -0.2) is 20.4 Å². The Morgan fingerprint density at radius 2 is 0.911 bits per heavy atom. The number of aromatic hydroxyl groups is 4. The average Bonchev–Trinajstić information content (AvgIpc) is 3.77. The van der Waals surface area contributed by atoms with E-state index in [4.69, 9.17) is 4.42 Å². The van der Waals surface area contributed by atoms with Crippen LogP contribution in [0.5, 0.6) is 23.0 Å². The Labute approximate surface area is 325 Å². The zero-order valence-corrected chi connectivity index (χ0v) is 31.8. The molecule has 0 spiro atoms. The number of furan rings is 1. The molecule has 0 bridgehead atoms. The van der Waals surface area contributed by atoms with E-state index >= 15 is 0 Å². The molecule has 0 aliphatic heterocycles. The second-order valence-corrected chi connectivity index (χ2v) is 15.8. The molecular formula is C49H42N2O5. The van der Waals surface area contributed by atoms with Crippen LogP contribution in [0.25, 0.3) is 44.2 Å². The molecule has 1 heterocycles. The number of hydrogen-bond acceptors (Lipinski definition) is 7. The number of rotatable bonds is 4. The first-order chi connectivity index (χ1) is 26.8. The van der Waals surface area contributed by atoms with Crippen molar-refractivity contribution in [1.29, 1.82) is 0 Å². The lowest BCUT2D eigenvalue weighted by atomic mass is 9.82. The van der Waals surface area contributed by atoms with Crippen molar-refractivity contribution < 1.29 is 24.8 Å². The van der Waals surface area contributed by atoms with Gasteiger partial charge in [0.2, 0.25) is 5.75 Å². The molecule has 2 aliphatic rings. The van der Waals surface area contributed by atoms with Crippen LogP contribution < -0.4 is 10.6 Å². The van der Waals surface area contributed by atoms with Crippen molar-refractivity contribution in [3.05, 3.63) is 155 Å². The normalized spacial score (nSPS) is 14.0. The molecular weight excluding hydrogens is 697 g/mol. The van der Waals surface area contributed by atoms with Gasteiger partial charge in [0.05, 0.1) is 0 Å². The molecule has 0 fully saturated rings. The number of benzene rings is 7. The van der Waals surface area contributed by atoms with Gasteiger partial charge >= 0.3 is 0 Å². The quantitative estimate of drug-likeness (QED) is 0.0786. The lowest BCUT2D eigenvalue weighted by Crippen LogP contribution is -2.15. The van der Waals surface area contributed by atoms with E-state index in [-0.39, 0.29) is 27.8 Å². The van der Waals surface area contributed by atoms with E-state index in [0.717, 1.165) is 44.4 Å². The maximum atomic E-state index is 10.3. The second-order valence-electron chi connectivity index (χ2n) is 15.8. The number of phenolic OH excluding ortho intramolecular Hbond substituents is 4. The first-order valence-electron chi connectivity index (χ1n) is 18.7. The van der Waals surface area contributed by atoms with Crippen molar-refractivity contribution in [2.24, 2.45) is 0 Å². The van der Waals surface area contributed by atoms with Crippen LogP contribution in [0.1, 0.15) is 55.5 Å². The van der Waals surface area contributed by atoms with Gasteiger partial charge in [0.15, 0.2) is 11.5 Å². The van der Waals surface area contributed by atoms with E-state index in [1.165, 1.54) is 40.3 Å². The largest absolute Gasteiger partial charge is 0.505 e. The van der Waals surface area contributed by atoms with Crippen LogP contribution in [-0.2, 0) is 10.8 Å². The molecule has 0 saturated heterocycles. The maximum Gasteiger partial charge on any atom is 0.203 e. The maximum absolute atomic E-state index is 10.3. The van der Waals surface area contributed by atoms with E-state index < -0.39 is 17.2 Å². The molecule has 1 aromatic heterocycles. The summed E-state index contributed by atoms with van der Waals surface area (Å²) in [6, 6.07) is 44.1. The summed E-state index contributed by atoms with van der Waals surface area (Å²) in [4.78, 5) is 0. The van der Waals surface area contributed by atoms with E-state index in [9.17, 15) is 20.4 Å². The topological polar surface area (TPSA) is 118 Å². The predicted octanol–water partition coefficient (Wildman–Crippen LogP) is 12.5. The molecule has 0 unspecified atom stereocenters. The smallest absolute Gasteiger partial charge is 0.203 e. The van der Waals surface area contributed by atoms with Gasteiger partial charge in [-0.3, -0.25) is 0 Å². The third-order valence-corrected chi connectivity index (χ3v) is 11.7. The number of anilines is 4. The van der Waals surface area contributed by atoms with Crippen LogP contribution in [0.15, 0.2) is 132 Å². The lowest BCUT2D eigenvalue weighted by molar-refractivity contribution is 0.360. The van der Waals surface area contributed by atoms with E-state index in [0.29, 0.717) is 5.69 Å². The predicted molar refractivity (Wildman–Crippen MR) is 226 cm³/mol. The van der Waals surface area contributed by atoms with Crippen LogP contribution >= 0.6 is 0 Å². The molecule has 7 heteroatoms. The number of para-hydroxylation sites is 1. The molecule has 0 radical (unpaired) electrons. The molecule has 6 N–H and O–H groups in total. The molecule has 0 atom stereocenters. The average molecular weight is 739 g/mol. The highest BCUT2D eigenvalue weighted by Crippen LogP contribution is 2.53. The van der Waals surface area contributed by atoms with Crippen molar-refractivity contribution in [2.75, 3.05) is 10.6 Å². The fourth-order valence-corrected chi connectivity index (χ4v) is 8.62. The molecule has 8 aromatic rings. The number of nitrogens with one attached hydrogen (secondary N) is 2. The number of fused-ring (bicyclic) bond motifs is 9. The zero-order chi connectivity index (χ0) is 39.1. The van der Waals surface area contributed by atoms with Crippen LogP contribution in [0.2, 0.25) is 0 Å². The SMILES string of the molecule is CC1(C)c2ccccc2-c2ccc(Nc3ccc4oc5ccccc5c4c3)cc21.Cc1c(O)c(O)c(O)c(Nc2ccc3c(c2)C(C)(C)c2ccccc2-3)c1O. The Morgan fingerprint density at radius 3 is 1.54 bits per heavy atom. The lowest BCUT2D eigenvalue weighted by Gasteiger charge is -2.22. The third-order valence-electron chi connectivity index (χ3n) is 11.7. The first-order valence-corrected chi connectivity index (χ1v) is 18.7. The monoisotopic (exact) mass is 738 g/mol. The minimum atomic E-state index is -0.665. The number of hydrogen-bond donors (Lipinski definition) is 6. The van der Waals surface area contributed by atoms with Crippen molar-refractivity contribution in [3.8, 4) is 45.3 Å². The molecule has 56 heavy (non-hydrogen) atoms. The van der Waals surface area contributed by atoms with Crippen molar-refractivity contribution >= 4 is 44.7 Å². The second kappa shape index (κ2) is 12.6. The minimum Gasteiger partial charge on any atom is -0.505 e. The van der Waals surface area contributed by atoms with Crippen LogP contribution in [0.4, 0.5) is 22.7 Å². The van der Waals surface area contributed by atoms with E-state index in [2.05, 4.69) is 117 Å². The van der Waals surface area contributed by atoms with Crippen molar-refractivity contribution in [2.45, 2.75) is 45.4 Å². The molecule has 7 nitrogen and oxygen atoms in total. The molecule has 0 amide bonds. The minimum absolute atomic E-state index is 0.00827. The summed E-state index contributed by atoms with van der Waals surface area (Å²) in [7, 11) is 0. The van der Waals surface area contributed by atoms with Gasteiger partial charge in [-0.2, -0.15) is 0 Å². The Balaban J connectivity index is 0.000000147. The van der Waals surface area contributed by atoms with Gasteiger partial charge in [-0.05, 0) is 100.0 Å². The summed E-state index contributed by atoms with van der Waals surface area (Å²) in [5.41, 5.74) is 14.8. The first kappa shape index (κ1) is 34.9. The summed E-state index contributed by atoms with van der Waals surface area (Å²) in [5, 5.41) is 48.9. The molecule has 278 valence electrons. The van der Waals surface area contributed by atoms with Gasteiger partial charge in [0.1, 0.15) is 22.6 Å². The summed E-state index contributed by atoms with van der Waals surface area (Å²) >= 11 is 0. The summed E-state index contributed by atoms with van der Waals surface area (Å²) < 4.78 is 5.95. The van der Waals surface area contributed by atoms with Gasteiger partial charge < -0.3 is 35.5 Å². The standard InChI is InChI=1S/C27H21NO.C22H21NO4/c1-27(2)23-9-5-3-7-19(23)20-13-11-18(16-24(20)27)28-17-12-14-26-22(15-17)21-8-4-6-10-25(21)29-26;1-11-18(24)17(20(26)21(27)19(11)25)23-12-8-9-14-13-6-4-5-7-15(13)22(2,3)16(14)10-12/h3-16,28H,1-2H3;4-10,23-27H,1-3H3. The molecule has 7 aromatic carbocycles. The Hall–Kier alpha value is -6.86. The number of phenols is 4. The Morgan fingerprint density at radius 1 is 0.429 bits per heavy atom. The molecule has 2 aliphatic carbocycles. The van der Waals surface area contributed by atoms with Gasteiger partial charge in [-0.15, -0.1) is 0 Å². The van der Waals surface area contributed by atoms with E-state index in [1.54, 1.807) is 0 Å². The Bertz CT molecular complexity index is 2860. The summed E-state index contributed by atoms with van der Waals surface area (Å²) in [6.45, 7) is 10.4. The third kappa shape index (κ3) is 5.34. The fraction of sp³-hybridized carbons (Fsp3) is 0.143. The van der Waals surface area contributed by atoms with Crippen LogP contribution in [0, 0.1) is 6.92 Å².